The summed E-state index contributed by atoms with van der Waals surface area (Å²) in [5, 5.41) is 8.07. The van der Waals surface area contributed by atoms with Crippen LogP contribution >= 0.6 is 11.3 Å². The highest BCUT2D eigenvalue weighted by Crippen LogP contribution is 2.19. The number of rotatable bonds is 8. The van der Waals surface area contributed by atoms with Crippen LogP contribution in [0.25, 0.3) is 11.4 Å². The maximum Gasteiger partial charge on any atom is 0.241 e. The smallest absolute Gasteiger partial charge is 0.241 e. The van der Waals surface area contributed by atoms with E-state index in [0.29, 0.717) is 24.8 Å². The predicted octanol–water partition coefficient (Wildman–Crippen LogP) is 2.80. The van der Waals surface area contributed by atoms with Gasteiger partial charge in [0, 0.05) is 30.6 Å². The van der Waals surface area contributed by atoms with Crippen molar-refractivity contribution in [3.8, 4) is 11.4 Å². The number of benzene rings is 1. The van der Waals surface area contributed by atoms with Crippen molar-refractivity contribution < 1.29 is 4.52 Å². The highest BCUT2D eigenvalue weighted by Gasteiger charge is 2.13. The van der Waals surface area contributed by atoms with E-state index in [1.807, 2.05) is 22.9 Å². The van der Waals surface area contributed by atoms with Crippen LogP contribution in [-0.4, -0.2) is 34.7 Å². The van der Waals surface area contributed by atoms with E-state index in [1.165, 1.54) is 5.56 Å². The Balaban J connectivity index is 1.60. The molecule has 0 radical (unpaired) electrons. The third-order valence-corrected chi connectivity index (χ3v) is 4.29. The SMILES string of the molecule is NCCN(CCc1ccccc1)Cc1nc(-c2ccsc2)no1. The third-order valence-electron chi connectivity index (χ3n) is 3.61. The topological polar surface area (TPSA) is 68.2 Å². The van der Waals surface area contributed by atoms with Gasteiger partial charge in [0.05, 0.1) is 6.54 Å². The second-order valence-electron chi connectivity index (χ2n) is 5.32. The van der Waals surface area contributed by atoms with Crippen LogP contribution in [-0.2, 0) is 13.0 Å². The fourth-order valence-electron chi connectivity index (χ4n) is 2.40. The van der Waals surface area contributed by atoms with E-state index in [2.05, 4.69) is 39.3 Å². The lowest BCUT2D eigenvalue weighted by atomic mass is 10.1. The summed E-state index contributed by atoms with van der Waals surface area (Å²) < 4.78 is 5.38. The van der Waals surface area contributed by atoms with Crippen LogP contribution in [0.5, 0.6) is 0 Å². The van der Waals surface area contributed by atoms with E-state index in [9.17, 15) is 0 Å². The van der Waals surface area contributed by atoms with Gasteiger partial charge in [-0.25, -0.2) is 0 Å². The van der Waals surface area contributed by atoms with Gasteiger partial charge in [0.1, 0.15) is 0 Å². The zero-order valence-corrected chi connectivity index (χ0v) is 13.7. The van der Waals surface area contributed by atoms with Gasteiger partial charge in [-0.3, -0.25) is 4.90 Å². The van der Waals surface area contributed by atoms with Crippen LogP contribution in [0.15, 0.2) is 51.7 Å². The Morgan fingerprint density at radius 3 is 2.74 bits per heavy atom. The molecule has 0 aliphatic carbocycles. The lowest BCUT2D eigenvalue weighted by Gasteiger charge is -2.19. The van der Waals surface area contributed by atoms with E-state index in [0.717, 1.165) is 25.1 Å². The minimum Gasteiger partial charge on any atom is -0.338 e. The first-order valence-corrected chi connectivity index (χ1v) is 8.61. The Bertz CT molecular complexity index is 696. The summed E-state index contributed by atoms with van der Waals surface area (Å²) in [5.74, 6) is 1.28. The van der Waals surface area contributed by atoms with Crippen molar-refractivity contribution in [2.45, 2.75) is 13.0 Å². The molecule has 3 rings (SSSR count). The van der Waals surface area contributed by atoms with Gasteiger partial charge < -0.3 is 10.3 Å². The number of hydrogen-bond donors (Lipinski definition) is 1. The number of nitrogens with two attached hydrogens (primary N) is 1. The summed E-state index contributed by atoms with van der Waals surface area (Å²) in [5.41, 5.74) is 8.05. The summed E-state index contributed by atoms with van der Waals surface area (Å²) in [6, 6.07) is 12.4. The third kappa shape index (κ3) is 4.48. The molecule has 0 atom stereocenters. The molecule has 0 fully saturated rings. The first-order valence-electron chi connectivity index (χ1n) is 7.66. The molecule has 6 heteroatoms. The van der Waals surface area contributed by atoms with Crippen molar-refractivity contribution in [3.63, 3.8) is 0 Å². The standard InChI is InChI=1S/C17H20N4OS/c18-8-10-21(9-6-14-4-2-1-3-5-14)12-16-19-17(20-22-16)15-7-11-23-13-15/h1-5,7,11,13H,6,8-10,12,18H2. The minimum absolute atomic E-state index is 0.611. The molecule has 0 aliphatic heterocycles. The van der Waals surface area contributed by atoms with Gasteiger partial charge in [0.15, 0.2) is 0 Å². The van der Waals surface area contributed by atoms with Gasteiger partial charge in [0.25, 0.3) is 0 Å². The molecule has 0 saturated heterocycles. The second kappa shape index (κ2) is 8.01. The van der Waals surface area contributed by atoms with E-state index in [4.69, 9.17) is 10.3 Å². The molecule has 0 spiro atoms. The molecular weight excluding hydrogens is 308 g/mol. The summed E-state index contributed by atoms with van der Waals surface area (Å²) in [6.45, 7) is 2.96. The Kier molecular flexibility index (Phi) is 5.52. The van der Waals surface area contributed by atoms with Crippen LogP contribution in [0, 0.1) is 0 Å². The molecule has 2 aromatic heterocycles. The Morgan fingerprint density at radius 2 is 2.00 bits per heavy atom. The van der Waals surface area contributed by atoms with Crippen LogP contribution in [0.1, 0.15) is 11.5 Å². The highest BCUT2D eigenvalue weighted by molar-refractivity contribution is 7.08. The van der Waals surface area contributed by atoms with E-state index >= 15 is 0 Å². The van der Waals surface area contributed by atoms with Crippen molar-refractivity contribution >= 4 is 11.3 Å². The first-order chi connectivity index (χ1) is 11.3. The molecule has 3 aromatic rings. The van der Waals surface area contributed by atoms with Gasteiger partial charge in [-0.1, -0.05) is 35.5 Å². The van der Waals surface area contributed by atoms with Gasteiger partial charge in [0.2, 0.25) is 11.7 Å². The van der Waals surface area contributed by atoms with Crippen molar-refractivity contribution in [2.75, 3.05) is 19.6 Å². The Morgan fingerprint density at radius 1 is 1.13 bits per heavy atom. The Labute approximate surface area is 139 Å². The Hall–Kier alpha value is -2.02. The summed E-state index contributed by atoms with van der Waals surface area (Å²) >= 11 is 1.62. The zero-order valence-electron chi connectivity index (χ0n) is 12.9. The highest BCUT2D eigenvalue weighted by atomic mass is 32.1. The normalized spacial score (nSPS) is 11.2. The van der Waals surface area contributed by atoms with E-state index in [-0.39, 0.29) is 0 Å². The van der Waals surface area contributed by atoms with E-state index < -0.39 is 0 Å². The molecular formula is C17H20N4OS. The van der Waals surface area contributed by atoms with Gasteiger partial charge in [-0.2, -0.15) is 16.3 Å². The van der Waals surface area contributed by atoms with Gasteiger partial charge in [-0.05, 0) is 23.4 Å². The molecule has 0 unspecified atom stereocenters. The second-order valence-corrected chi connectivity index (χ2v) is 6.10. The molecule has 2 heterocycles. The van der Waals surface area contributed by atoms with Crippen LogP contribution in [0.2, 0.25) is 0 Å². The minimum atomic E-state index is 0.611. The molecule has 0 aliphatic rings. The molecule has 120 valence electrons. The molecule has 23 heavy (non-hydrogen) atoms. The van der Waals surface area contributed by atoms with Crippen LogP contribution in [0.4, 0.5) is 0 Å². The number of aromatic nitrogens is 2. The largest absolute Gasteiger partial charge is 0.338 e. The summed E-state index contributed by atoms with van der Waals surface area (Å²) in [7, 11) is 0. The summed E-state index contributed by atoms with van der Waals surface area (Å²) in [4.78, 5) is 6.72. The quantitative estimate of drug-likeness (QED) is 0.688. The van der Waals surface area contributed by atoms with Crippen LogP contribution in [0.3, 0.4) is 0 Å². The fraction of sp³-hybridized carbons (Fsp3) is 0.294. The molecule has 2 N–H and O–H groups in total. The maximum atomic E-state index is 5.73. The maximum absolute atomic E-state index is 5.73. The molecule has 0 amide bonds. The van der Waals surface area contributed by atoms with Crippen LogP contribution < -0.4 is 5.73 Å². The van der Waals surface area contributed by atoms with Gasteiger partial charge >= 0.3 is 0 Å². The number of thiophene rings is 1. The molecule has 1 aromatic carbocycles. The number of nitrogens with zero attached hydrogens (tertiary/aromatic N) is 3. The first kappa shape index (κ1) is 15.9. The van der Waals surface area contributed by atoms with Gasteiger partial charge in [-0.15, -0.1) is 0 Å². The number of hydrogen-bond acceptors (Lipinski definition) is 6. The van der Waals surface area contributed by atoms with E-state index in [1.54, 1.807) is 11.3 Å². The monoisotopic (exact) mass is 328 g/mol. The lowest BCUT2D eigenvalue weighted by molar-refractivity contribution is 0.234. The lowest BCUT2D eigenvalue weighted by Crippen LogP contribution is -2.31. The van der Waals surface area contributed by atoms with Crippen molar-refractivity contribution in [1.29, 1.82) is 0 Å². The average molecular weight is 328 g/mol. The molecule has 0 saturated carbocycles. The summed E-state index contributed by atoms with van der Waals surface area (Å²) in [6.07, 6.45) is 0.979. The molecule has 5 nitrogen and oxygen atoms in total. The fourth-order valence-corrected chi connectivity index (χ4v) is 3.04. The average Bonchev–Trinajstić information content (AvgIpc) is 3.25. The predicted molar refractivity (Wildman–Crippen MR) is 92.1 cm³/mol. The van der Waals surface area contributed by atoms with Crippen molar-refractivity contribution in [3.05, 3.63) is 58.6 Å². The van der Waals surface area contributed by atoms with Crippen molar-refractivity contribution in [2.24, 2.45) is 5.73 Å². The molecule has 0 bridgehead atoms. The zero-order chi connectivity index (χ0) is 15.9. The van der Waals surface area contributed by atoms with Crippen molar-refractivity contribution in [1.82, 2.24) is 15.0 Å².